The third-order valence-electron chi connectivity index (χ3n) is 1.96. The predicted molar refractivity (Wildman–Crippen MR) is 62.5 cm³/mol. The standard InChI is InChI=1S/C11H14Cl2O2/c12-10(6-14)11(13)8-15-7-9-4-2-1-3-5-9/h1-5,10-11,14H,6-8H2/t10-,11+/m0/s1. The molecule has 0 aliphatic heterocycles. The highest BCUT2D eigenvalue weighted by molar-refractivity contribution is 6.30. The van der Waals surface area contributed by atoms with Crippen molar-refractivity contribution in [1.29, 1.82) is 0 Å². The van der Waals surface area contributed by atoms with Crippen molar-refractivity contribution >= 4 is 23.2 Å². The molecule has 2 atom stereocenters. The second-order valence-electron chi connectivity index (χ2n) is 3.22. The highest BCUT2D eigenvalue weighted by Crippen LogP contribution is 2.11. The van der Waals surface area contributed by atoms with Crippen molar-refractivity contribution < 1.29 is 9.84 Å². The van der Waals surface area contributed by atoms with Gasteiger partial charge in [0, 0.05) is 0 Å². The lowest BCUT2D eigenvalue weighted by Gasteiger charge is -2.13. The number of benzene rings is 1. The molecule has 0 unspecified atom stereocenters. The van der Waals surface area contributed by atoms with Crippen molar-refractivity contribution in [1.82, 2.24) is 0 Å². The molecular weight excluding hydrogens is 235 g/mol. The average molecular weight is 249 g/mol. The smallest absolute Gasteiger partial charge is 0.0755 e. The van der Waals surface area contributed by atoms with Gasteiger partial charge in [0.15, 0.2) is 0 Å². The van der Waals surface area contributed by atoms with Crippen molar-refractivity contribution in [2.24, 2.45) is 0 Å². The first kappa shape index (κ1) is 12.8. The fourth-order valence-corrected chi connectivity index (χ4v) is 1.32. The number of rotatable bonds is 6. The molecule has 1 aromatic rings. The van der Waals surface area contributed by atoms with Crippen LogP contribution in [0, 0.1) is 0 Å². The van der Waals surface area contributed by atoms with E-state index in [1.165, 1.54) is 0 Å². The van der Waals surface area contributed by atoms with Gasteiger partial charge >= 0.3 is 0 Å². The summed E-state index contributed by atoms with van der Waals surface area (Å²) in [5, 5.41) is 7.93. The first-order chi connectivity index (χ1) is 7.24. The Labute approximate surface area is 99.8 Å². The summed E-state index contributed by atoms with van der Waals surface area (Å²) in [6.45, 7) is 0.717. The minimum atomic E-state index is -0.456. The van der Waals surface area contributed by atoms with E-state index in [2.05, 4.69) is 0 Å². The number of halogens is 2. The SMILES string of the molecule is OC[C@H](Cl)[C@H](Cl)COCc1ccccc1. The normalized spacial score (nSPS) is 14.9. The van der Waals surface area contributed by atoms with E-state index >= 15 is 0 Å². The van der Waals surface area contributed by atoms with Crippen LogP contribution in [0.25, 0.3) is 0 Å². The van der Waals surface area contributed by atoms with E-state index in [-0.39, 0.29) is 12.0 Å². The van der Waals surface area contributed by atoms with Gasteiger partial charge in [-0.15, -0.1) is 23.2 Å². The number of aliphatic hydroxyl groups is 1. The van der Waals surface area contributed by atoms with Gasteiger partial charge in [-0.3, -0.25) is 0 Å². The lowest BCUT2D eigenvalue weighted by Crippen LogP contribution is -2.24. The van der Waals surface area contributed by atoms with Gasteiger partial charge in [-0.1, -0.05) is 30.3 Å². The van der Waals surface area contributed by atoms with Gasteiger partial charge in [-0.05, 0) is 5.56 Å². The van der Waals surface area contributed by atoms with Crippen LogP contribution in [0.3, 0.4) is 0 Å². The Bertz CT molecular complexity index is 267. The van der Waals surface area contributed by atoms with Gasteiger partial charge in [0.1, 0.15) is 0 Å². The highest BCUT2D eigenvalue weighted by Gasteiger charge is 2.15. The molecule has 0 aromatic heterocycles. The van der Waals surface area contributed by atoms with Gasteiger partial charge in [-0.2, -0.15) is 0 Å². The van der Waals surface area contributed by atoms with E-state index in [1.807, 2.05) is 30.3 Å². The molecule has 2 nitrogen and oxygen atoms in total. The summed E-state index contributed by atoms with van der Waals surface area (Å²) in [7, 11) is 0. The fourth-order valence-electron chi connectivity index (χ4n) is 1.08. The summed E-state index contributed by atoms with van der Waals surface area (Å²) in [6.07, 6.45) is 0. The van der Waals surface area contributed by atoms with Gasteiger partial charge < -0.3 is 9.84 Å². The lowest BCUT2D eigenvalue weighted by molar-refractivity contribution is 0.116. The van der Waals surface area contributed by atoms with Gasteiger partial charge in [0.2, 0.25) is 0 Å². The summed E-state index contributed by atoms with van der Waals surface area (Å²) in [5.41, 5.74) is 1.09. The molecule has 0 aliphatic carbocycles. The first-order valence-electron chi connectivity index (χ1n) is 4.74. The second-order valence-corrected chi connectivity index (χ2v) is 4.34. The van der Waals surface area contributed by atoms with Crippen LogP contribution >= 0.6 is 23.2 Å². The molecule has 0 bridgehead atoms. The minimum absolute atomic E-state index is 0.135. The molecule has 0 aliphatic rings. The van der Waals surface area contributed by atoms with Gasteiger partial charge in [0.25, 0.3) is 0 Å². The topological polar surface area (TPSA) is 29.5 Å². The van der Waals surface area contributed by atoms with Crippen molar-refractivity contribution in [2.75, 3.05) is 13.2 Å². The molecule has 0 fully saturated rings. The molecular formula is C11H14Cl2O2. The molecule has 1 N–H and O–H groups in total. The molecule has 1 aromatic carbocycles. The molecule has 0 saturated carbocycles. The Hall–Kier alpha value is -0.280. The van der Waals surface area contributed by atoms with E-state index in [4.69, 9.17) is 33.0 Å². The molecule has 15 heavy (non-hydrogen) atoms. The monoisotopic (exact) mass is 248 g/mol. The zero-order chi connectivity index (χ0) is 11.1. The highest BCUT2D eigenvalue weighted by atomic mass is 35.5. The lowest BCUT2D eigenvalue weighted by atomic mass is 10.2. The number of hydrogen-bond donors (Lipinski definition) is 1. The number of ether oxygens (including phenoxy) is 1. The average Bonchev–Trinajstić information content (AvgIpc) is 2.29. The molecule has 0 saturated heterocycles. The summed E-state index contributed by atoms with van der Waals surface area (Å²) in [5.74, 6) is 0. The van der Waals surface area contributed by atoms with Crippen LogP contribution in [0.15, 0.2) is 30.3 Å². The van der Waals surface area contributed by atoms with E-state index in [0.29, 0.717) is 13.2 Å². The second kappa shape index (κ2) is 7.07. The third kappa shape index (κ3) is 4.85. The van der Waals surface area contributed by atoms with Crippen LogP contribution in [-0.4, -0.2) is 29.1 Å². The van der Waals surface area contributed by atoms with Crippen LogP contribution in [0.4, 0.5) is 0 Å². The summed E-state index contributed by atoms with van der Waals surface area (Å²) >= 11 is 11.6. The quantitative estimate of drug-likeness (QED) is 0.784. The van der Waals surface area contributed by atoms with Crippen LogP contribution in [0.1, 0.15) is 5.56 Å². The zero-order valence-corrected chi connectivity index (χ0v) is 9.79. The van der Waals surface area contributed by atoms with E-state index in [1.54, 1.807) is 0 Å². The molecule has 0 spiro atoms. The number of alkyl halides is 2. The minimum Gasteiger partial charge on any atom is -0.395 e. The van der Waals surface area contributed by atoms with Gasteiger partial charge in [-0.25, -0.2) is 0 Å². The summed E-state index contributed by atoms with van der Waals surface area (Å²) in [6, 6.07) is 9.82. The Morgan fingerprint density at radius 3 is 2.40 bits per heavy atom. The zero-order valence-electron chi connectivity index (χ0n) is 8.27. The summed E-state index contributed by atoms with van der Waals surface area (Å²) in [4.78, 5) is 0. The van der Waals surface area contributed by atoms with Crippen LogP contribution in [0.2, 0.25) is 0 Å². The summed E-state index contributed by atoms with van der Waals surface area (Å²) < 4.78 is 5.38. The van der Waals surface area contributed by atoms with Crippen molar-refractivity contribution in [2.45, 2.75) is 17.4 Å². The molecule has 84 valence electrons. The molecule has 0 heterocycles. The Balaban J connectivity index is 2.22. The van der Waals surface area contributed by atoms with Crippen LogP contribution in [-0.2, 0) is 11.3 Å². The maximum atomic E-state index is 8.75. The van der Waals surface area contributed by atoms with E-state index in [9.17, 15) is 0 Å². The Morgan fingerprint density at radius 1 is 1.13 bits per heavy atom. The maximum absolute atomic E-state index is 8.75. The third-order valence-corrected chi connectivity index (χ3v) is 2.96. The predicted octanol–water partition coefficient (Wildman–Crippen LogP) is 2.41. The number of hydrogen-bond acceptors (Lipinski definition) is 2. The Morgan fingerprint density at radius 2 is 1.80 bits per heavy atom. The molecule has 0 amide bonds. The van der Waals surface area contributed by atoms with E-state index < -0.39 is 5.38 Å². The molecule has 1 rings (SSSR count). The van der Waals surface area contributed by atoms with Crippen LogP contribution < -0.4 is 0 Å². The van der Waals surface area contributed by atoms with E-state index in [0.717, 1.165) is 5.56 Å². The van der Waals surface area contributed by atoms with Crippen LogP contribution in [0.5, 0.6) is 0 Å². The van der Waals surface area contributed by atoms with Crippen molar-refractivity contribution in [3.8, 4) is 0 Å². The molecule has 0 radical (unpaired) electrons. The first-order valence-corrected chi connectivity index (χ1v) is 5.62. The van der Waals surface area contributed by atoms with Crippen molar-refractivity contribution in [3.63, 3.8) is 0 Å². The van der Waals surface area contributed by atoms with Gasteiger partial charge in [0.05, 0.1) is 30.6 Å². The van der Waals surface area contributed by atoms with Crippen molar-refractivity contribution in [3.05, 3.63) is 35.9 Å². The largest absolute Gasteiger partial charge is 0.395 e. The maximum Gasteiger partial charge on any atom is 0.0755 e. The molecule has 4 heteroatoms. The Kier molecular flexibility index (Phi) is 6.03. The number of aliphatic hydroxyl groups excluding tert-OH is 1. The fraction of sp³-hybridized carbons (Fsp3) is 0.455.